The lowest BCUT2D eigenvalue weighted by Crippen LogP contribution is -2.08. The van der Waals surface area contributed by atoms with E-state index in [-0.39, 0.29) is 12.1 Å². The van der Waals surface area contributed by atoms with Gasteiger partial charge in [-0.3, -0.25) is 0 Å². The van der Waals surface area contributed by atoms with Gasteiger partial charge in [-0.15, -0.1) is 0 Å². The summed E-state index contributed by atoms with van der Waals surface area (Å²) < 4.78 is 11.5. The molecule has 0 spiro atoms. The molecule has 1 heterocycles. The van der Waals surface area contributed by atoms with Gasteiger partial charge in [-0.25, -0.2) is 0 Å². The molecule has 150 valence electrons. The lowest BCUT2D eigenvalue weighted by Gasteiger charge is -2.14. The van der Waals surface area contributed by atoms with Gasteiger partial charge in [0.1, 0.15) is 5.75 Å². The minimum Gasteiger partial charge on any atom is -0.491 e. The Hall–Kier alpha value is -2.99. The van der Waals surface area contributed by atoms with Gasteiger partial charge < -0.3 is 20.0 Å². The molecule has 0 unspecified atom stereocenters. The Morgan fingerprint density at radius 2 is 2.17 bits per heavy atom. The first kappa shape index (κ1) is 19.3. The maximum atomic E-state index is 6.21. The number of nitrogens with zero attached hydrogens (tertiary/aromatic N) is 3. The maximum absolute atomic E-state index is 6.21. The van der Waals surface area contributed by atoms with Crippen LogP contribution in [-0.2, 0) is 12.8 Å². The van der Waals surface area contributed by atoms with Crippen molar-refractivity contribution in [3.8, 4) is 28.6 Å². The maximum Gasteiger partial charge on any atom is 0.258 e. The largest absolute Gasteiger partial charge is 0.491 e. The molecule has 1 atom stereocenters. The van der Waals surface area contributed by atoms with E-state index in [4.69, 9.17) is 15.0 Å². The molecule has 6 heteroatoms. The lowest BCUT2D eigenvalue weighted by molar-refractivity contribution is 0.240. The first-order chi connectivity index (χ1) is 14.1. The Morgan fingerprint density at radius 3 is 2.97 bits per heavy atom. The molecule has 0 aliphatic heterocycles. The van der Waals surface area contributed by atoms with Crippen molar-refractivity contribution in [2.75, 3.05) is 6.54 Å². The molecule has 0 saturated carbocycles. The third kappa shape index (κ3) is 3.93. The van der Waals surface area contributed by atoms with Gasteiger partial charge in [0.05, 0.1) is 6.10 Å². The number of ether oxygens (including phenoxy) is 1. The Balaban J connectivity index is 1.67. The van der Waals surface area contributed by atoms with E-state index in [1.54, 1.807) is 0 Å². The second-order valence-corrected chi connectivity index (χ2v) is 7.63. The Kier molecular flexibility index (Phi) is 5.45. The molecule has 1 aliphatic carbocycles. The Morgan fingerprint density at radius 1 is 1.31 bits per heavy atom. The summed E-state index contributed by atoms with van der Waals surface area (Å²) in [6, 6.07) is 12.2. The topological polar surface area (TPSA) is 86.5 Å². The zero-order chi connectivity index (χ0) is 20.4. The average molecular weight is 390 g/mol. The van der Waals surface area contributed by atoms with E-state index >= 15 is 0 Å². The van der Waals surface area contributed by atoms with Crippen LogP contribution in [0.3, 0.4) is 0 Å². The predicted octanol–water partition coefficient (Wildman–Crippen LogP) is 4.38. The summed E-state index contributed by atoms with van der Waals surface area (Å²) in [5.41, 5.74) is 11.5. The monoisotopic (exact) mass is 390 g/mol. The number of hydrogen-bond donors (Lipinski definition) is 1. The molecule has 2 N–H and O–H groups in total. The summed E-state index contributed by atoms with van der Waals surface area (Å²) in [6.07, 6.45) is 2.73. The van der Waals surface area contributed by atoms with Gasteiger partial charge in [-0.1, -0.05) is 23.4 Å². The SMILES string of the molecule is C=NCCc1cc(-c2nc(-c3cccc4c3CC[C@@H]4N)no2)ccc1OC(C)C. The Labute approximate surface area is 170 Å². The van der Waals surface area contributed by atoms with Crippen molar-refractivity contribution >= 4 is 6.72 Å². The van der Waals surface area contributed by atoms with Crippen molar-refractivity contribution < 1.29 is 9.26 Å². The Bertz CT molecular complexity index is 1030. The summed E-state index contributed by atoms with van der Waals surface area (Å²) in [5, 5.41) is 4.24. The van der Waals surface area contributed by atoms with E-state index in [2.05, 4.69) is 27.9 Å². The first-order valence-corrected chi connectivity index (χ1v) is 10.0. The van der Waals surface area contributed by atoms with Crippen LogP contribution < -0.4 is 10.5 Å². The smallest absolute Gasteiger partial charge is 0.258 e. The van der Waals surface area contributed by atoms with E-state index in [1.807, 2.05) is 44.2 Å². The van der Waals surface area contributed by atoms with Crippen LogP contribution in [0.15, 0.2) is 45.9 Å². The van der Waals surface area contributed by atoms with Crippen LogP contribution in [0.1, 0.15) is 43.0 Å². The fraction of sp³-hybridized carbons (Fsp3) is 0.348. The van der Waals surface area contributed by atoms with E-state index in [1.165, 1.54) is 11.1 Å². The van der Waals surface area contributed by atoms with E-state index in [0.29, 0.717) is 18.3 Å². The van der Waals surface area contributed by atoms with Crippen molar-refractivity contribution in [2.45, 2.75) is 45.3 Å². The summed E-state index contributed by atoms with van der Waals surface area (Å²) in [6.45, 7) is 8.23. The molecule has 0 saturated heterocycles. The second kappa shape index (κ2) is 8.17. The molecule has 4 rings (SSSR count). The molecule has 6 nitrogen and oxygen atoms in total. The molecule has 3 aromatic rings. The molecule has 0 amide bonds. The number of benzene rings is 2. The zero-order valence-corrected chi connectivity index (χ0v) is 16.9. The first-order valence-electron chi connectivity index (χ1n) is 10.0. The van der Waals surface area contributed by atoms with Crippen LogP contribution in [0.5, 0.6) is 5.75 Å². The van der Waals surface area contributed by atoms with E-state index in [9.17, 15) is 0 Å². The van der Waals surface area contributed by atoms with E-state index < -0.39 is 0 Å². The van der Waals surface area contributed by atoms with Crippen molar-refractivity contribution in [3.05, 3.63) is 53.1 Å². The van der Waals surface area contributed by atoms with Gasteiger partial charge in [-0.2, -0.15) is 4.98 Å². The van der Waals surface area contributed by atoms with Crippen molar-refractivity contribution in [1.82, 2.24) is 10.1 Å². The quantitative estimate of drug-likeness (QED) is 0.605. The van der Waals surface area contributed by atoms with Gasteiger partial charge in [0.25, 0.3) is 5.89 Å². The molecule has 2 aromatic carbocycles. The highest BCUT2D eigenvalue weighted by atomic mass is 16.5. The number of aromatic nitrogens is 2. The fourth-order valence-electron chi connectivity index (χ4n) is 3.82. The predicted molar refractivity (Wildman–Crippen MR) is 114 cm³/mol. The third-order valence-corrected chi connectivity index (χ3v) is 5.19. The number of rotatable bonds is 7. The lowest BCUT2D eigenvalue weighted by atomic mass is 10.0. The standard InChI is InChI=1S/C23H26N4O2/c1-14(2)28-21-10-7-16(13-15(21)11-12-25-3)23-26-22(27-29-23)19-6-4-5-18-17(19)8-9-20(18)24/h4-7,10,13-14,20H,3,8-9,11-12,24H2,1-2H3/t20-/m0/s1. The molecular formula is C23H26N4O2. The molecule has 0 bridgehead atoms. The van der Waals surface area contributed by atoms with Crippen molar-refractivity contribution in [2.24, 2.45) is 10.7 Å². The number of aliphatic imine (C=N–C) groups is 1. The minimum atomic E-state index is 0.0888. The normalized spacial score (nSPS) is 15.5. The van der Waals surface area contributed by atoms with Gasteiger partial charge in [0.15, 0.2) is 0 Å². The average Bonchev–Trinajstić information content (AvgIpc) is 3.34. The summed E-state index contributed by atoms with van der Waals surface area (Å²) in [5.74, 6) is 1.94. The van der Waals surface area contributed by atoms with Crippen LogP contribution in [0.2, 0.25) is 0 Å². The van der Waals surface area contributed by atoms with E-state index in [0.717, 1.165) is 41.7 Å². The van der Waals surface area contributed by atoms with Crippen molar-refractivity contribution in [1.29, 1.82) is 0 Å². The van der Waals surface area contributed by atoms with Crippen LogP contribution in [0, 0.1) is 0 Å². The summed E-state index contributed by atoms with van der Waals surface area (Å²) in [7, 11) is 0. The van der Waals surface area contributed by atoms with Gasteiger partial charge in [0.2, 0.25) is 5.82 Å². The molecular weight excluding hydrogens is 364 g/mol. The van der Waals surface area contributed by atoms with Crippen LogP contribution >= 0.6 is 0 Å². The van der Waals surface area contributed by atoms with Gasteiger partial charge in [-0.05, 0) is 74.7 Å². The van der Waals surface area contributed by atoms with Crippen LogP contribution in [0.25, 0.3) is 22.8 Å². The highest BCUT2D eigenvalue weighted by Gasteiger charge is 2.24. The number of hydrogen-bond acceptors (Lipinski definition) is 6. The van der Waals surface area contributed by atoms with Gasteiger partial charge >= 0.3 is 0 Å². The summed E-state index contributed by atoms with van der Waals surface area (Å²) >= 11 is 0. The highest BCUT2D eigenvalue weighted by Crippen LogP contribution is 2.36. The molecule has 1 aromatic heterocycles. The number of nitrogens with two attached hydrogens (primary N) is 1. The minimum absolute atomic E-state index is 0.0888. The zero-order valence-electron chi connectivity index (χ0n) is 16.9. The van der Waals surface area contributed by atoms with Gasteiger partial charge in [0, 0.05) is 23.7 Å². The number of fused-ring (bicyclic) bond motifs is 1. The van der Waals surface area contributed by atoms with Crippen molar-refractivity contribution in [3.63, 3.8) is 0 Å². The van der Waals surface area contributed by atoms with Crippen LogP contribution in [-0.4, -0.2) is 29.5 Å². The van der Waals surface area contributed by atoms with Crippen LogP contribution in [0.4, 0.5) is 0 Å². The molecule has 1 aliphatic rings. The molecule has 0 radical (unpaired) electrons. The fourth-order valence-corrected chi connectivity index (χ4v) is 3.82. The molecule has 29 heavy (non-hydrogen) atoms. The second-order valence-electron chi connectivity index (χ2n) is 7.63. The highest BCUT2D eigenvalue weighted by molar-refractivity contribution is 5.66. The summed E-state index contributed by atoms with van der Waals surface area (Å²) in [4.78, 5) is 8.64. The third-order valence-electron chi connectivity index (χ3n) is 5.19. The molecule has 0 fully saturated rings.